The van der Waals surface area contributed by atoms with Crippen LogP contribution >= 0.6 is 15.9 Å². The minimum absolute atomic E-state index is 0.115. The predicted molar refractivity (Wildman–Crippen MR) is 105 cm³/mol. The molecule has 1 heterocycles. The van der Waals surface area contributed by atoms with Gasteiger partial charge in [-0.05, 0) is 61.1 Å². The van der Waals surface area contributed by atoms with E-state index in [1.54, 1.807) is 0 Å². The number of nitrogens with one attached hydrogen (secondary N) is 2. The van der Waals surface area contributed by atoms with Crippen LogP contribution in [0, 0.1) is 6.92 Å². The second kappa shape index (κ2) is 6.68. The Labute approximate surface area is 156 Å². The molecule has 4 heteroatoms. The number of carbonyl (C=O) groups excluding carboxylic acids is 1. The van der Waals surface area contributed by atoms with Crippen LogP contribution in [0.2, 0.25) is 0 Å². The summed E-state index contributed by atoms with van der Waals surface area (Å²) >= 11 is 3.56. The van der Waals surface area contributed by atoms with Crippen molar-refractivity contribution in [3.8, 4) is 0 Å². The summed E-state index contributed by atoms with van der Waals surface area (Å²) in [4.78, 5) is 16.0. The van der Waals surface area contributed by atoms with Crippen LogP contribution in [0.4, 0.5) is 0 Å². The average molecular weight is 397 g/mol. The molecule has 3 aromatic rings. The van der Waals surface area contributed by atoms with Gasteiger partial charge in [-0.15, -0.1) is 0 Å². The zero-order chi connectivity index (χ0) is 17.4. The number of rotatable bonds is 3. The van der Waals surface area contributed by atoms with Gasteiger partial charge >= 0.3 is 0 Å². The molecular formula is C21H21BrN2O. The Bertz CT molecular complexity index is 944. The highest BCUT2D eigenvalue weighted by Crippen LogP contribution is 2.31. The number of hydrogen-bond acceptors (Lipinski definition) is 1. The third kappa shape index (κ3) is 3.36. The highest BCUT2D eigenvalue weighted by molar-refractivity contribution is 9.10. The van der Waals surface area contributed by atoms with Gasteiger partial charge in [-0.25, -0.2) is 0 Å². The molecule has 3 nitrogen and oxygen atoms in total. The summed E-state index contributed by atoms with van der Waals surface area (Å²) in [6, 6.07) is 14.6. The number of carbonyl (C=O) groups is 1. The van der Waals surface area contributed by atoms with E-state index in [4.69, 9.17) is 0 Å². The molecule has 0 aliphatic heterocycles. The summed E-state index contributed by atoms with van der Waals surface area (Å²) in [6.07, 6.45) is 3.32. The van der Waals surface area contributed by atoms with Crippen LogP contribution in [0.25, 0.3) is 10.9 Å². The van der Waals surface area contributed by atoms with Crippen molar-refractivity contribution >= 4 is 32.7 Å². The zero-order valence-electron chi connectivity index (χ0n) is 14.2. The molecule has 0 spiro atoms. The Balaban J connectivity index is 1.49. The highest BCUT2D eigenvalue weighted by Gasteiger charge is 2.23. The molecule has 0 saturated heterocycles. The Morgan fingerprint density at radius 2 is 2.12 bits per heavy atom. The molecule has 0 saturated carbocycles. The van der Waals surface area contributed by atoms with Crippen molar-refractivity contribution in [1.29, 1.82) is 0 Å². The van der Waals surface area contributed by atoms with Crippen LogP contribution in [0.1, 0.15) is 28.8 Å². The minimum Gasteiger partial charge on any atom is -0.358 e. The van der Waals surface area contributed by atoms with Crippen LogP contribution in [-0.2, 0) is 24.1 Å². The van der Waals surface area contributed by atoms with Crippen molar-refractivity contribution < 1.29 is 4.79 Å². The lowest BCUT2D eigenvalue weighted by Crippen LogP contribution is -2.39. The van der Waals surface area contributed by atoms with Crippen LogP contribution < -0.4 is 5.32 Å². The summed E-state index contributed by atoms with van der Waals surface area (Å²) in [7, 11) is 0. The van der Waals surface area contributed by atoms with Crippen molar-refractivity contribution in [3.63, 3.8) is 0 Å². The topological polar surface area (TPSA) is 44.9 Å². The Hall–Kier alpha value is -2.07. The van der Waals surface area contributed by atoms with Crippen molar-refractivity contribution in [2.75, 3.05) is 0 Å². The summed E-state index contributed by atoms with van der Waals surface area (Å²) in [5.41, 5.74) is 6.12. The first kappa shape index (κ1) is 16.4. The molecule has 1 atom stereocenters. The van der Waals surface area contributed by atoms with E-state index in [1.807, 2.05) is 18.2 Å². The van der Waals surface area contributed by atoms with E-state index in [9.17, 15) is 4.79 Å². The van der Waals surface area contributed by atoms with E-state index >= 15 is 0 Å². The van der Waals surface area contributed by atoms with Gasteiger partial charge in [0, 0.05) is 27.1 Å². The molecule has 0 bridgehead atoms. The monoisotopic (exact) mass is 396 g/mol. The summed E-state index contributed by atoms with van der Waals surface area (Å²) in [6.45, 7) is 2.05. The van der Waals surface area contributed by atoms with E-state index in [1.165, 1.54) is 27.7 Å². The standard InChI is InChI=1S/C21H21BrN2O/c1-13-4-2-3-5-14(13)10-21(25)23-16-7-9-20-18(12-16)17-11-15(22)6-8-19(17)24-20/h2-6,8,11,16,24H,7,9-10,12H2,1H3,(H,23,25). The number of halogens is 1. The Morgan fingerprint density at radius 1 is 1.28 bits per heavy atom. The van der Waals surface area contributed by atoms with Crippen molar-refractivity contribution in [3.05, 3.63) is 69.3 Å². The molecule has 1 aliphatic rings. The lowest BCUT2D eigenvalue weighted by atomic mass is 9.91. The SMILES string of the molecule is Cc1ccccc1CC(=O)NC1CCc2[nH]c3ccc(Br)cc3c2C1. The molecular weight excluding hydrogens is 376 g/mol. The lowest BCUT2D eigenvalue weighted by Gasteiger charge is -2.24. The number of fused-ring (bicyclic) bond motifs is 3. The summed E-state index contributed by atoms with van der Waals surface area (Å²) < 4.78 is 1.09. The van der Waals surface area contributed by atoms with Crippen molar-refractivity contribution in [2.24, 2.45) is 0 Å². The van der Waals surface area contributed by atoms with Crippen molar-refractivity contribution in [2.45, 2.75) is 38.6 Å². The van der Waals surface area contributed by atoms with Gasteiger partial charge in [-0.3, -0.25) is 4.79 Å². The fraction of sp³-hybridized carbons (Fsp3) is 0.286. The lowest BCUT2D eigenvalue weighted by molar-refractivity contribution is -0.121. The van der Waals surface area contributed by atoms with Gasteiger partial charge in [0.15, 0.2) is 0 Å². The molecule has 128 valence electrons. The zero-order valence-corrected chi connectivity index (χ0v) is 15.8. The number of aryl methyl sites for hydroxylation is 2. The first-order chi connectivity index (χ1) is 12.1. The summed E-state index contributed by atoms with van der Waals surface area (Å²) in [5.74, 6) is 0.115. The number of aromatic nitrogens is 1. The third-order valence-corrected chi connectivity index (χ3v) is 5.62. The van der Waals surface area contributed by atoms with E-state index in [0.29, 0.717) is 6.42 Å². The molecule has 2 aromatic carbocycles. The molecule has 0 radical (unpaired) electrons. The maximum Gasteiger partial charge on any atom is 0.224 e. The fourth-order valence-electron chi connectivity index (χ4n) is 3.77. The number of amides is 1. The van der Waals surface area contributed by atoms with Gasteiger partial charge in [0.05, 0.1) is 6.42 Å². The summed E-state index contributed by atoms with van der Waals surface area (Å²) in [5, 5.41) is 4.51. The molecule has 1 aliphatic carbocycles. The van der Waals surface area contributed by atoms with Crippen LogP contribution in [0.5, 0.6) is 0 Å². The number of benzene rings is 2. The molecule has 1 unspecified atom stereocenters. The van der Waals surface area contributed by atoms with Gasteiger partial charge in [0.25, 0.3) is 0 Å². The second-order valence-corrected chi connectivity index (χ2v) is 7.80. The Morgan fingerprint density at radius 3 is 2.96 bits per heavy atom. The molecule has 2 N–H and O–H groups in total. The molecule has 25 heavy (non-hydrogen) atoms. The van der Waals surface area contributed by atoms with Crippen LogP contribution in [0.15, 0.2) is 46.9 Å². The maximum atomic E-state index is 12.5. The molecule has 1 aromatic heterocycles. The van der Waals surface area contributed by atoms with Crippen LogP contribution in [-0.4, -0.2) is 16.9 Å². The number of aromatic amines is 1. The first-order valence-electron chi connectivity index (χ1n) is 8.73. The number of H-pyrrole nitrogens is 1. The van der Waals surface area contributed by atoms with Gasteiger partial charge in [0.2, 0.25) is 5.91 Å². The van der Waals surface area contributed by atoms with E-state index in [0.717, 1.165) is 29.3 Å². The van der Waals surface area contributed by atoms with E-state index in [-0.39, 0.29) is 11.9 Å². The fourth-order valence-corrected chi connectivity index (χ4v) is 4.13. The Kier molecular flexibility index (Phi) is 4.38. The number of hydrogen-bond donors (Lipinski definition) is 2. The van der Waals surface area contributed by atoms with E-state index < -0.39 is 0 Å². The van der Waals surface area contributed by atoms with Crippen molar-refractivity contribution in [1.82, 2.24) is 10.3 Å². The first-order valence-corrected chi connectivity index (χ1v) is 9.52. The van der Waals surface area contributed by atoms with Gasteiger partial charge < -0.3 is 10.3 Å². The normalized spacial score (nSPS) is 16.6. The second-order valence-electron chi connectivity index (χ2n) is 6.88. The minimum atomic E-state index is 0.115. The largest absolute Gasteiger partial charge is 0.358 e. The average Bonchev–Trinajstić information content (AvgIpc) is 2.94. The van der Waals surface area contributed by atoms with Gasteiger partial charge in [0.1, 0.15) is 0 Å². The quantitative estimate of drug-likeness (QED) is 0.674. The van der Waals surface area contributed by atoms with Gasteiger partial charge in [-0.2, -0.15) is 0 Å². The molecule has 0 fully saturated rings. The molecule has 4 rings (SSSR count). The van der Waals surface area contributed by atoms with Crippen LogP contribution in [0.3, 0.4) is 0 Å². The molecule has 1 amide bonds. The van der Waals surface area contributed by atoms with E-state index in [2.05, 4.69) is 57.4 Å². The highest BCUT2D eigenvalue weighted by atomic mass is 79.9. The predicted octanol–water partition coefficient (Wildman–Crippen LogP) is 4.46. The third-order valence-electron chi connectivity index (χ3n) is 5.13. The smallest absolute Gasteiger partial charge is 0.224 e. The van der Waals surface area contributed by atoms with Gasteiger partial charge in [-0.1, -0.05) is 40.2 Å². The maximum absolute atomic E-state index is 12.5.